The van der Waals surface area contributed by atoms with Gasteiger partial charge in [0, 0.05) is 19.3 Å². The first-order valence-electron chi connectivity index (χ1n) is 10.00. The van der Waals surface area contributed by atoms with Crippen molar-refractivity contribution in [3.05, 3.63) is 65.2 Å². The van der Waals surface area contributed by atoms with Crippen molar-refractivity contribution in [1.82, 2.24) is 10.6 Å². The van der Waals surface area contributed by atoms with Crippen molar-refractivity contribution in [1.29, 1.82) is 0 Å². The molecule has 0 spiro atoms. The summed E-state index contributed by atoms with van der Waals surface area (Å²) in [5.41, 5.74) is 3.76. The van der Waals surface area contributed by atoms with Gasteiger partial charge in [-0.3, -0.25) is 0 Å². The summed E-state index contributed by atoms with van der Waals surface area (Å²) in [5.74, 6) is 0.756. The van der Waals surface area contributed by atoms with Gasteiger partial charge < -0.3 is 10.6 Å². The lowest BCUT2D eigenvalue weighted by Crippen LogP contribution is -2.38. The van der Waals surface area contributed by atoms with Crippen molar-refractivity contribution >= 4 is 15.8 Å². The molecule has 0 radical (unpaired) electrons. The molecule has 6 heteroatoms. The fourth-order valence-electron chi connectivity index (χ4n) is 2.85. The van der Waals surface area contributed by atoms with Crippen molar-refractivity contribution in [3.8, 4) is 0 Å². The van der Waals surface area contributed by atoms with E-state index in [0.717, 1.165) is 31.0 Å². The second-order valence-corrected chi connectivity index (χ2v) is 10.3. The van der Waals surface area contributed by atoms with Crippen LogP contribution in [-0.4, -0.2) is 33.7 Å². The van der Waals surface area contributed by atoms with E-state index in [1.54, 1.807) is 24.3 Å². The predicted molar refractivity (Wildman–Crippen MR) is 121 cm³/mol. The van der Waals surface area contributed by atoms with Crippen LogP contribution in [0.2, 0.25) is 0 Å². The zero-order chi connectivity index (χ0) is 21.5. The topological polar surface area (TPSA) is 70.6 Å². The third kappa shape index (κ3) is 7.54. The first-order valence-corrected chi connectivity index (χ1v) is 11.9. The molecule has 5 nitrogen and oxygen atoms in total. The SMILES string of the molecule is CCNC(=NCc1ccc(S(C)(=O)=O)cc1)NCCc1ccc(C(C)(C)C)cc1. The fourth-order valence-corrected chi connectivity index (χ4v) is 3.48. The molecule has 0 aliphatic carbocycles. The average molecular weight is 416 g/mol. The smallest absolute Gasteiger partial charge is 0.191 e. The second kappa shape index (κ2) is 9.92. The molecule has 0 amide bonds. The number of hydrogen-bond acceptors (Lipinski definition) is 3. The Labute approximate surface area is 175 Å². The van der Waals surface area contributed by atoms with Crippen LogP contribution in [0.1, 0.15) is 44.4 Å². The monoisotopic (exact) mass is 415 g/mol. The highest BCUT2D eigenvalue weighted by atomic mass is 32.2. The van der Waals surface area contributed by atoms with Gasteiger partial charge in [0.15, 0.2) is 15.8 Å². The Balaban J connectivity index is 1.92. The van der Waals surface area contributed by atoms with Gasteiger partial charge >= 0.3 is 0 Å². The maximum absolute atomic E-state index is 11.6. The summed E-state index contributed by atoms with van der Waals surface area (Å²) in [6, 6.07) is 15.7. The third-order valence-corrected chi connectivity index (χ3v) is 5.77. The van der Waals surface area contributed by atoms with E-state index in [1.807, 2.05) is 6.92 Å². The van der Waals surface area contributed by atoms with E-state index in [0.29, 0.717) is 11.4 Å². The summed E-state index contributed by atoms with van der Waals surface area (Å²) in [4.78, 5) is 4.92. The number of guanidine groups is 1. The van der Waals surface area contributed by atoms with Crippen LogP contribution < -0.4 is 10.6 Å². The summed E-state index contributed by atoms with van der Waals surface area (Å²) >= 11 is 0. The predicted octanol–water partition coefficient (Wildman–Crippen LogP) is 3.69. The number of benzene rings is 2. The van der Waals surface area contributed by atoms with Gasteiger partial charge in [0.05, 0.1) is 11.4 Å². The molecule has 2 rings (SSSR count). The number of nitrogens with one attached hydrogen (secondary N) is 2. The van der Waals surface area contributed by atoms with E-state index >= 15 is 0 Å². The number of rotatable bonds is 7. The largest absolute Gasteiger partial charge is 0.357 e. The molecule has 0 saturated carbocycles. The minimum atomic E-state index is -3.17. The van der Waals surface area contributed by atoms with Crippen molar-refractivity contribution < 1.29 is 8.42 Å². The lowest BCUT2D eigenvalue weighted by molar-refractivity contribution is 0.590. The van der Waals surface area contributed by atoms with Gasteiger partial charge in [-0.25, -0.2) is 13.4 Å². The first kappa shape index (κ1) is 22.9. The Bertz CT molecular complexity index is 910. The lowest BCUT2D eigenvalue weighted by atomic mass is 9.86. The van der Waals surface area contributed by atoms with E-state index in [-0.39, 0.29) is 5.41 Å². The van der Waals surface area contributed by atoms with E-state index in [9.17, 15) is 8.42 Å². The van der Waals surface area contributed by atoms with Crippen LogP contribution in [-0.2, 0) is 28.2 Å². The number of nitrogens with zero attached hydrogens (tertiary/aromatic N) is 1. The highest BCUT2D eigenvalue weighted by molar-refractivity contribution is 7.90. The molecular formula is C23H33N3O2S. The molecule has 0 heterocycles. The minimum Gasteiger partial charge on any atom is -0.357 e. The van der Waals surface area contributed by atoms with Gasteiger partial charge in [-0.15, -0.1) is 0 Å². The Morgan fingerprint density at radius 2 is 1.52 bits per heavy atom. The van der Waals surface area contributed by atoms with Gasteiger partial charge in [-0.05, 0) is 47.6 Å². The quantitative estimate of drug-likeness (QED) is 0.534. The molecule has 0 saturated heterocycles. The number of aliphatic imine (C=N–C) groups is 1. The standard InChI is InChI=1S/C23H33N3O2S/c1-6-24-22(26-17-19-9-13-21(14-10-19)29(5,27)28)25-16-15-18-7-11-20(12-8-18)23(2,3)4/h7-14H,6,15-17H2,1-5H3,(H2,24,25,26). The summed E-state index contributed by atoms with van der Waals surface area (Å²) in [7, 11) is -3.17. The molecule has 0 bridgehead atoms. The number of sulfone groups is 1. The van der Waals surface area contributed by atoms with Crippen LogP contribution in [0, 0.1) is 0 Å². The molecule has 2 aromatic rings. The minimum absolute atomic E-state index is 0.168. The molecule has 29 heavy (non-hydrogen) atoms. The maximum Gasteiger partial charge on any atom is 0.191 e. The Morgan fingerprint density at radius 1 is 0.931 bits per heavy atom. The van der Waals surface area contributed by atoms with Gasteiger partial charge in [0.25, 0.3) is 0 Å². The summed E-state index contributed by atoms with van der Waals surface area (Å²) in [6.45, 7) is 10.7. The molecule has 0 aliphatic rings. The zero-order valence-corrected chi connectivity index (χ0v) is 18.9. The summed E-state index contributed by atoms with van der Waals surface area (Å²) in [5, 5.41) is 6.61. The van der Waals surface area contributed by atoms with Crippen molar-refractivity contribution in [2.24, 2.45) is 4.99 Å². The molecule has 0 atom stereocenters. The summed E-state index contributed by atoms with van der Waals surface area (Å²) < 4.78 is 23.1. The Morgan fingerprint density at radius 3 is 2.03 bits per heavy atom. The van der Waals surface area contributed by atoms with Gasteiger partial charge in [0.1, 0.15) is 0 Å². The van der Waals surface area contributed by atoms with Gasteiger partial charge in [0.2, 0.25) is 0 Å². The Hall–Kier alpha value is -2.34. The molecule has 0 aliphatic heterocycles. The average Bonchev–Trinajstić information content (AvgIpc) is 2.65. The second-order valence-electron chi connectivity index (χ2n) is 8.23. The molecule has 2 aromatic carbocycles. The van der Waals surface area contributed by atoms with E-state index in [1.165, 1.54) is 17.4 Å². The van der Waals surface area contributed by atoms with Crippen molar-refractivity contribution in [3.63, 3.8) is 0 Å². The lowest BCUT2D eigenvalue weighted by Gasteiger charge is -2.19. The van der Waals surface area contributed by atoms with Gasteiger partial charge in [-0.1, -0.05) is 57.2 Å². The molecule has 0 fully saturated rings. The van der Waals surface area contributed by atoms with Crippen LogP contribution in [0.15, 0.2) is 58.4 Å². The van der Waals surface area contributed by atoms with E-state index < -0.39 is 9.84 Å². The molecular weight excluding hydrogens is 382 g/mol. The molecule has 158 valence electrons. The molecule has 0 aromatic heterocycles. The Kier molecular flexibility index (Phi) is 7.85. The molecule has 2 N–H and O–H groups in total. The highest BCUT2D eigenvalue weighted by Gasteiger charge is 2.12. The van der Waals surface area contributed by atoms with Crippen LogP contribution in [0.25, 0.3) is 0 Å². The fraction of sp³-hybridized carbons (Fsp3) is 0.435. The van der Waals surface area contributed by atoms with Crippen LogP contribution in [0.4, 0.5) is 0 Å². The van der Waals surface area contributed by atoms with Crippen LogP contribution >= 0.6 is 0 Å². The van der Waals surface area contributed by atoms with Gasteiger partial charge in [-0.2, -0.15) is 0 Å². The highest BCUT2D eigenvalue weighted by Crippen LogP contribution is 2.22. The summed E-state index contributed by atoms with van der Waals surface area (Å²) in [6.07, 6.45) is 2.13. The maximum atomic E-state index is 11.6. The molecule has 0 unspecified atom stereocenters. The van der Waals surface area contributed by atoms with Crippen molar-refractivity contribution in [2.75, 3.05) is 19.3 Å². The zero-order valence-electron chi connectivity index (χ0n) is 18.1. The first-order chi connectivity index (χ1) is 13.6. The normalized spacial score (nSPS) is 12.7. The van der Waals surface area contributed by atoms with E-state index in [4.69, 9.17) is 0 Å². The third-order valence-electron chi connectivity index (χ3n) is 4.64. The van der Waals surface area contributed by atoms with Crippen molar-refractivity contribution in [2.45, 2.75) is 51.0 Å². The van der Waals surface area contributed by atoms with Crippen LogP contribution in [0.5, 0.6) is 0 Å². The van der Waals surface area contributed by atoms with E-state index in [2.05, 4.69) is 60.7 Å². The number of hydrogen-bond donors (Lipinski definition) is 2. The van der Waals surface area contributed by atoms with Crippen LogP contribution in [0.3, 0.4) is 0 Å².